The molecule has 2 aromatic heterocycles. The zero-order valence-electron chi connectivity index (χ0n) is 22.4. The lowest BCUT2D eigenvalue weighted by atomic mass is 10.0. The van der Waals surface area contributed by atoms with Crippen LogP contribution in [0.2, 0.25) is 0 Å². The van der Waals surface area contributed by atoms with Gasteiger partial charge in [0.25, 0.3) is 5.91 Å². The summed E-state index contributed by atoms with van der Waals surface area (Å²) in [6, 6.07) is 7.64. The van der Waals surface area contributed by atoms with Crippen molar-refractivity contribution < 1.29 is 19.1 Å². The van der Waals surface area contributed by atoms with E-state index in [0.717, 1.165) is 48.3 Å². The fourth-order valence-corrected chi connectivity index (χ4v) is 4.83. The van der Waals surface area contributed by atoms with E-state index in [4.69, 9.17) is 15.2 Å². The molecule has 1 aliphatic heterocycles. The topological polar surface area (TPSA) is 145 Å². The van der Waals surface area contributed by atoms with Crippen LogP contribution in [0, 0.1) is 0 Å². The standard InChI is InChI=1S/C28H33N7O4/c1-28(2,3)39-27(37)34-20-7-5-17-14-18(4-6-19(17)20)21-16-31-25(29)24(32-21)26(36)33-22-15-30-9-8-23(22)35-10-12-38-13-11-35/h4,6,8-9,14-16,20H,5,7,10-13H2,1-3H3,(H2,29,31)(H,33,36)(H,34,37). The molecule has 1 atom stereocenters. The number of hydrogen-bond donors (Lipinski definition) is 3. The Morgan fingerprint density at radius 2 is 1.95 bits per heavy atom. The molecule has 5 rings (SSSR count). The molecule has 0 radical (unpaired) electrons. The molecule has 0 saturated carbocycles. The van der Waals surface area contributed by atoms with Crippen molar-refractivity contribution in [2.75, 3.05) is 42.3 Å². The van der Waals surface area contributed by atoms with Gasteiger partial charge >= 0.3 is 6.09 Å². The van der Waals surface area contributed by atoms with Gasteiger partial charge in [-0.15, -0.1) is 0 Å². The first-order valence-electron chi connectivity index (χ1n) is 13.0. The van der Waals surface area contributed by atoms with Gasteiger partial charge in [-0.25, -0.2) is 14.8 Å². The summed E-state index contributed by atoms with van der Waals surface area (Å²) in [5.41, 5.74) is 10.5. The minimum Gasteiger partial charge on any atom is -0.444 e. The molecule has 1 saturated heterocycles. The lowest BCUT2D eigenvalue weighted by Crippen LogP contribution is -2.36. The van der Waals surface area contributed by atoms with E-state index in [0.29, 0.717) is 24.6 Å². The van der Waals surface area contributed by atoms with E-state index in [1.165, 1.54) is 0 Å². The molecule has 1 fully saturated rings. The Kier molecular flexibility index (Phi) is 7.34. The molecule has 0 bridgehead atoms. The Labute approximate surface area is 227 Å². The lowest BCUT2D eigenvalue weighted by molar-refractivity contribution is 0.0503. The average molecular weight is 532 g/mol. The number of aryl methyl sites for hydroxylation is 1. The number of nitrogen functional groups attached to an aromatic ring is 1. The Morgan fingerprint density at radius 3 is 2.72 bits per heavy atom. The summed E-state index contributed by atoms with van der Waals surface area (Å²) in [6.45, 7) is 8.19. The molecular formula is C28H33N7O4. The van der Waals surface area contributed by atoms with Crippen LogP contribution in [0.4, 0.5) is 22.0 Å². The Morgan fingerprint density at radius 1 is 1.15 bits per heavy atom. The van der Waals surface area contributed by atoms with Gasteiger partial charge in [0.15, 0.2) is 11.5 Å². The molecule has 4 N–H and O–H groups in total. The SMILES string of the molecule is CC(C)(C)OC(=O)NC1CCc2cc(-c3cnc(N)c(C(=O)Nc4cnccc4N4CCOCC4)n3)ccc21. The van der Waals surface area contributed by atoms with Crippen LogP contribution in [-0.2, 0) is 15.9 Å². The second-order valence-electron chi connectivity index (χ2n) is 10.6. The summed E-state index contributed by atoms with van der Waals surface area (Å²) in [5, 5.41) is 5.87. The van der Waals surface area contributed by atoms with Crippen LogP contribution in [0.1, 0.15) is 54.8 Å². The van der Waals surface area contributed by atoms with E-state index in [1.54, 1.807) is 18.6 Å². The molecule has 39 heavy (non-hydrogen) atoms. The number of anilines is 3. The smallest absolute Gasteiger partial charge is 0.408 e. The summed E-state index contributed by atoms with van der Waals surface area (Å²) < 4.78 is 10.9. The largest absolute Gasteiger partial charge is 0.444 e. The first kappa shape index (κ1) is 26.4. The molecule has 3 heterocycles. The molecular weight excluding hydrogens is 498 g/mol. The Bertz CT molecular complexity index is 1380. The van der Waals surface area contributed by atoms with E-state index in [9.17, 15) is 9.59 Å². The number of nitrogens with two attached hydrogens (primary N) is 1. The minimum absolute atomic E-state index is 0.0363. The summed E-state index contributed by atoms with van der Waals surface area (Å²) in [5.74, 6) is -0.428. The molecule has 3 aromatic rings. The highest BCUT2D eigenvalue weighted by Crippen LogP contribution is 2.34. The number of amides is 2. The van der Waals surface area contributed by atoms with E-state index in [1.807, 2.05) is 45.0 Å². The molecule has 204 valence electrons. The summed E-state index contributed by atoms with van der Waals surface area (Å²) in [7, 11) is 0. The van der Waals surface area contributed by atoms with Crippen molar-refractivity contribution in [2.24, 2.45) is 0 Å². The van der Waals surface area contributed by atoms with Crippen LogP contribution in [0.25, 0.3) is 11.3 Å². The number of carbonyl (C=O) groups is 2. The van der Waals surface area contributed by atoms with Crippen LogP contribution in [0.3, 0.4) is 0 Å². The predicted molar refractivity (Wildman–Crippen MR) is 148 cm³/mol. The Balaban J connectivity index is 1.34. The second kappa shape index (κ2) is 10.9. The highest BCUT2D eigenvalue weighted by atomic mass is 16.6. The van der Waals surface area contributed by atoms with E-state index in [2.05, 4.69) is 30.5 Å². The average Bonchev–Trinajstić information content (AvgIpc) is 3.30. The van der Waals surface area contributed by atoms with Gasteiger partial charge < -0.3 is 30.7 Å². The summed E-state index contributed by atoms with van der Waals surface area (Å²) in [6.07, 6.45) is 5.99. The third kappa shape index (κ3) is 6.09. The van der Waals surface area contributed by atoms with Gasteiger partial charge in [0.2, 0.25) is 0 Å². The maximum absolute atomic E-state index is 13.3. The molecule has 2 amide bonds. The van der Waals surface area contributed by atoms with Crippen molar-refractivity contribution >= 4 is 29.2 Å². The maximum atomic E-state index is 13.3. The first-order valence-corrected chi connectivity index (χ1v) is 13.0. The number of hydrogen-bond acceptors (Lipinski definition) is 9. The lowest BCUT2D eigenvalue weighted by Gasteiger charge is -2.30. The van der Waals surface area contributed by atoms with Crippen molar-refractivity contribution in [3.63, 3.8) is 0 Å². The Hall–Kier alpha value is -4.25. The zero-order valence-corrected chi connectivity index (χ0v) is 22.4. The minimum atomic E-state index is -0.561. The van der Waals surface area contributed by atoms with Crippen LogP contribution >= 0.6 is 0 Å². The van der Waals surface area contributed by atoms with Gasteiger partial charge in [-0.05, 0) is 56.9 Å². The molecule has 1 aromatic carbocycles. The maximum Gasteiger partial charge on any atom is 0.408 e. The third-order valence-corrected chi connectivity index (χ3v) is 6.62. The van der Waals surface area contributed by atoms with Gasteiger partial charge in [0.1, 0.15) is 5.60 Å². The van der Waals surface area contributed by atoms with Gasteiger partial charge in [-0.1, -0.05) is 12.1 Å². The number of nitrogens with one attached hydrogen (secondary N) is 2. The van der Waals surface area contributed by atoms with Crippen molar-refractivity contribution in [1.82, 2.24) is 20.3 Å². The first-order chi connectivity index (χ1) is 18.7. The number of carbonyl (C=O) groups excluding carboxylic acids is 2. The number of nitrogens with zero attached hydrogens (tertiary/aromatic N) is 4. The summed E-state index contributed by atoms with van der Waals surface area (Å²) in [4.78, 5) is 40.7. The molecule has 1 aliphatic carbocycles. The van der Waals surface area contributed by atoms with Crippen molar-refractivity contribution in [2.45, 2.75) is 45.3 Å². The highest BCUT2D eigenvalue weighted by Gasteiger charge is 2.27. The van der Waals surface area contributed by atoms with Crippen molar-refractivity contribution in [3.8, 4) is 11.3 Å². The van der Waals surface area contributed by atoms with Gasteiger partial charge in [0, 0.05) is 24.8 Å². The normalized spacial score (nSPS) is 16.9. The zero-order chi connectivity index (χ0) is 27.6. The van der Waals surface area contributed by atoms with Gasteiger partial charge in [-0.2, -0.15) is 0 Å². The number of benzene rings is 1. The second-order valence-corrected chi connectivity index (χ2v) is 10.6. The fraction of sp³-hybridized carbons (Fsp3) is 0.393. The predicted octanol–water partition coefficient (Wildman–Crippen LogP) is 3.72. The monoisotopic (exact) mass is 531 g/mol. The van der Waals surface area contributed by atoms with Gasteiger partial charge in [0.05, 0.1) is 48.7 Å². The van der Waals surface area contributed by atoms with E-state index < -0.39 is 17.6 Å². The highest BCUT2D eigenvalue weighted by molar-refractivity contribution is 6.07. The van der Waals surface area contributed by atoms with E-state index in [-0.39, 0.29) is 17.6 Å². The van der Waals surface area contributed by atoms with Gasteiger partial charge in [-0.3, -0.25) is 9.78 Å². The van der Waals surface area contributed by atoms with Crippen LogP contribution in [-0.4, -0.2) is 58.9 Å². The number of aromatic nitrogens is 3. The number of pyridine rings is 1. The molecule has 2 aliphatic rings. The molecule has 11 nitrogen and oxygen atoms in total. The van der Waals surface area contributed by atoms with Crippen molar-refractivity contribution in [3.05, 3.63) is 59.7 Å². The van der Waals surface area contributed by atoms with Crippen LogP contribution in [0.15, 0.2) is 42.9 Å². The fourth-order valence-electron chi connectivity index (χ4n) is 4.83. The van der Waals surface area contributed by atoms with Crippen molar-refractivity contribution in [1.29, 1.82) is 0 Å². The van der Waals surface area contributed by atoms with Crippen LogP contribution < -0.4 is 21.3 Å². The molecule has 11 heteroatoms. The molecule has 0 spiro atoms. The third-order valence-electron chi connectivity index (χ3n) is 6.62. The number of morpholine rings is 1. The quantitative estimate of drug-likeness (QED) is 0.448. The van der Waals surface area contributed by atoms with Crippen LogP contribution in [0.5, 0.6) is 0 Å². The number of fused-ring (bicyclic) bond motifs is 1. The number of rotatable bonds is 5. The molecule has 1 unspecified atom stereocenters. The van der Waals surface area contributed by atoms with E-state index >= 15 is 0 Å². The summed E-state index contributed by atoms with van der Waals surface area (Å²) >= 11 is 0. The number of ether oxygens (including phenoxy) is 2. The number of alkyl carbamates (subject to hydrolysis) is 1.